The minimum Gasteiger partial charge on any atom is -0.224 e. The summed E-state index contributed by atoms with van der Waals surface area (Å²) in [7, 11) is 0. The van der Waals surface area contributed by atoms with Crippen LogP contribution in [0, 0.1) is 5.82 Å². The molecule has 1 aromatic carbocycles. The Balaban J connectivity index is 2.26. The number of aromatic nitrogens is 2. The lowest BCUT2D eigenvalue weighted by Gasteiger charge is -2.05. The zero-order chi connectivity index (χ0) is 14.3. The summed E-state index contributed by atoms with van der Waals surface area (Å²) in [5, 5.41) is 0.865. The van der Waals surface area contributed by atoms with Gasteiger partial charge in [0.2, 0.25) is 0 Å². The molecule has 6 heteroatoms. The highest BCUT2D eigenvalue weighted by molar-refractivity contribution is 7.15. The van der Waals surface area contributed by atoms with Crippen molar-refractivity contribution >= 4 is 45.4 Å². The lowest BCUT2D eigenvalue weighted by Crippen LogP contribution is -1.93. The smallest absolute Gasteiger partial charge is 0.171 e. The van der Waals surface area contributed by atoms with Crippen LogP contribution < -0.4 is 0 Å². The van der Waals surface area contributed by atoms with Crippen molar-refractivity contribution in [2.45, 2.75) is 13.3 Å². The predicted molar refractivity (Wildman–Crippen MR) is 82.2 cm³/mol. The highest BCUT2D eigenvalue weighted by Gasteiger charge is 2.15. The number of hydrogen-bond donors (Lipinski definition) is 0. The van der Waals surface area contributed by atoms with Crippen molar-refractivity contribution in [3.8, 4) is 10.7 Å². The Labute approximate surface area is 129 Å². The molecular formula is C14H9Cl2FN2S. The fraction of sp³-hybridized carbons (Fsp3) is 0.143. The van der Waals surface area contributed by atoms with Crippen molar-refractivity contribution in [3.05, 3.63) is 45.1 Å². The van der Waals surface area contributed by atoms with Gasteiger partial charge in [-0.25, -0.2) is 14.4 Å². The summed E-state index contributed by atoms with van der Waals surface area (Å²) in [5.74, 6) is -0.0319. The van der Waals surface area contributed by atoms with Gasteiger partial charge in [-0.1, -0.05) is 30.1 Å². The molecule has 3 rings (SSSR count). The maximum absolute atomic E-state index is 13.9. The van der Waals surface area contributed by atoms with Gasteiger partial charge in [-0.15, -0.1) is 11.3 Å². The van der Waals surface area contributed by atoms with E-state index in [1.54, 1.807) is 11.3 Å². The predicted octanol–water partition coefficient (Wildman–Crippen LogP) is 5.37. The van der Waals surface area contributed by atoms with Crippen molar-refractivity contribution in [1.29, 1.82) is 0 Å². The monoisotopic (exact) mass is 326 g/mol. The first kappa shape index (κ1) is 13.7. The summed E-state index contributed by atoms with van der Waals surface area (Å²) in [5.41, 5.74) is 0.152. The molecule has 2 nitrogen and oxygen atoms in total. The van der Waals surface area contributed by atoms with Crippen molar-refractivity contribution in [2.24, 2.45) is 0 Å². The van der Waals surface area contributed by atoms with E-state index >= 15 is 0 Å². The zero-order valence-electron chi connectivity index (χ0n) is 10.5. The Morgan fingerprint density at radius 1 is 1.15 bits per heavy atom. The Hall–Kier alpha value is -1.23. The molecule has 0 fully saturated rings. The quantitative estimate of drug-likeness (QED) is 0.592. The molecule has 2 heterocycles. The van der Waals surface area contributed by atoms with Crippen molar-refractivity contribution in [2.75, 3.05) is 0 Å². The summed E-state index contributed by atoms with van der Waals surface area (Å²) in [6, 6.07) is 6.66. The lowest BCUT2D eigenvalue weighted by molar-refractivity contribution is 0.636. The van der Waals surface area contributed by atoms with Gasteiger partial charge in [0.1, 0.15) is 16.5 Å². The first-order chi connectivity index (χ1) is 9.60. The standard InChI is InChI=1S/C14H9Cl2FN2S/c1-2-7-3-6-10(20-7)14-18-12-9(17)5-4-8(15)11(12)13(16)19-14/h3-6H,2H2,1H3. The van der Waals surface area contributed by atoms with E-state index in [1.807, 2.05) is 12.1 Å². The average molecular weight is 327 g/mol. The molecule has 3 aromatic rings. The number of hydrogen-bond acceptors (Lipinski definition) is 3. The molecule has 0 radical (unpaired) electrons. The van der Waals surface area contributed by atoms with Crippen molar-refractivity contribution in [3.63, 3.8) is 0 Å². The maximum Gasteiger partial charge on any atom is 0.171 e. The first-order valence-corrected chi connectivity index (χ1v) is 7.57. The summed E-state index contributed by atoms with van der Waals surface area (Å²) in [4.78, 5) is 10.6. The Morgan fingerprint density at radius 2 is 1.95 bits per heavy atom. The molecule has 0 N–H and O–H groups in total. The van der Waals surface area contributed by atoms with Crippen LogP contribution in [0.3, 0.4) is 0 Å². The molecule has 0 spiro atoms. The van der Waals surface area contributed by atoms with Crippen LogP contribution in [0.2, 0.25) is 10.2 Å². The average Bonchev–Trinajstić information content (AvgIpc) is 2.91. The summed E-state index contributed by atoms with van der Waals surface area (Å²) in [6.07, 6.45) is 0.937. The molecule has 0 aliphatic rings. The Morgan fingerprint density at radius 3 is 2.65 bits per heavy atom. The molecular weight excluding hydrogens is 318 g/mol. The number of fused-ring (bicyclic) bond motifs is 1. The minimum atomic E-state index is -0.456. The van der Waals surface area contributed by atoms with E-state index in [4.69, 9.17) is 23.2 Å². The van der Waals surface area contributed by atoms with E-state index in [2.05, 4.69) is 16.9 Å². The molecule has 0 saturated carbocycles. The molecule has 0 aliphatic carbocycles. The van der Waals surface area contributed by atoms with E-state index in [0.29, 0.717) is 16.2 Å². The van der Waals surface area contributed by atoms with E-state index in [-0.39, 0.29) is 10.7 Å². The summed E-state index contributed by atoms with van der Waals surface area (Å²) in [6.45, 7) is 2.07. The van der Waals surface area contributed by atoms with Gasteiger partial charge in [0.25, 0.3) is 0 Å². The lowest BCUT2D eigenvalue weighted by atomic mass is 10.2. The van der Waals surface area contributed by atoms with E-state index < -0.39 is 5.82 Å². The van der Waals surface area contributed by atoms with Gasteiger partial charge in [-0.2, -0.15) is 0 Å². The molecule has 2 aromatic heterocycles. The zero-order valence-corrected chi connectivity index (χ0v) is 12.8. The molecule has 0 unspecified atom stereocenters. The second-order valence-corrected chi connectivity index (χ2v) is 6.14. The highest BCUT2D eigenvalue weighted by Crippen LogP contribution is 2.33. The van der Waals surface area contributed by atoms with Crippen LogP contribution in [-0.4, -0.2) is 9.97 Å². The third-order valence-corrected chi connectivity index (χ3v) is 4.75. The molecule has 0 saturated heterocycles. The second-order valence-electron chi connectivity index (χ2n) is 4.21. The SMILES string of the molecule is CCc1ccc(-c2nc(Cl)c3c(Cl)ccc(F)c3n2)s1. The fourth-order valence-electron chi connectivity index (χ4n) is 1.92. The number of thiophene rings is 1. The third-order valence-electron chi connectivity index (χ3n) is 2.94. The molecule has 102 valence electrons. The van der Waals surface area contributed by atoms with Crippen LogP contribution in [-0.2, 0) is 6.42 Å². The molecule has 0 amide bonds. The van der Waals surface area contributed by atoms with Gasteiger partial charge in [-0.3, -0.25) is 0 Å². The van der Waals surface area contributed by atoms with Gasteiger partial charge >= 0.3 is 0 Å². The van der Waals surface area contributed by atoms with Crippen LogP contribution in [0.25, 0.3) is 21.6 Å². The number of aryl methyl sites for hydroxylation is 1. The summed E-state index contributed by atoms with van der Waals surface area (Å²) < 4.78 is 13.9. The third kappa shape index (κ3) is 2.28. The van der Waals surface area contributed by atoms with Crippen molar-refractivity contribution < 1.29 is 4.39 Å². The fourth-order valence-corrected chi connectivity index (χ4v) is 3.37. The normalized spacial score (nSPS) is 11.2. The number of benzene rings is 1. The van der Waals surface area contributed by atoms with Gasteiger partial charge in [0, 0.05) is 4.88 Å². The molecule has 0 aliphatic heterocycles. The van der Waals surface area contributed by atoms with Gasteiger partial charge in [0.15, 0.2) is 5.82 Å². The van der Waals surface area contributed by atoms with Gasteiger partial charge in [-0.05, 0) is 30.7 Å². The van der Waals surface area contributed by atoms with Crippen LogP contribution in [0.5, 0.6) is 0 Å². The van der Waals surface area contributed by atoms with Gasteiger partial charge < -0.3 is 0 Å². The molecule has 20 heavy (non-hydrogen) atoms. The highest BCUT2D eigenvalue weighted by atomic mass is 35.5. The Bertz CT molecular complexity index is 801. The van der Waals surface area contributed by atoms with Gasteiger partial charge in [0.05, 0.1) is 15.3 Å². The number of nitrogens with zero attached hydrogens (tertiary/aromatic N) is 2. The van der Waals surface area contributed by atoms with E-state index in [1.165, 1.54) is 17.0 Å². The molecule has 0 atom stereocenters. The topological polar surface area (TPSA) is 25.8 Å². The minimum absolute atomic E-state index is 0.152. The number of halogens is 3. The van der Waals surface area contributed by atoms with Crippen LogP contribution in [0.15, 0.2) is 24.3 Å². The first-order valence-electron chi connectivity index (χ1n) is 6.00. The van der Waals surface area contributed by atoms with Crippen LogP contribution in [0.1, 0.15) is 11.8 Å². The molecule has 0 bridgehead atoms. The largest absolute Gasteiger partial charge is 0.224 e. The summed E-state index contributed by atoms with van der Waals surface area (Å²) >= 11 is 13.7. The van der Waals surface area contributed by atoms with E-state index in [9.17, 15) is 4.39 Å². The van der Waals surface area contributed by atoms with E-state index in [0.717, 1.165) is 11.3 Å². The maximum atomic E-state index is 13.9. The number of rotatable bonds is 2. The van der Waals surface area contributed by atoms with Crippen molar-refractivity contribution in [1.82, 2.24) is 9.97 Å². The van der Waals surface area contributed by atoms with Crippen LogP contribution in [0.4, 0.5) is 4.39 Å². The second kappa shape index (κ2) is 5.28. The Kier molecular flexibility index (Phi) is 3.63. The van der Waals surface area contributed by atoms with Crippen LogP contribution >= 0.6 is 34.5 Å².